The van der Waals surface area contributed by atoms with Gasteiger partial charge in [0.05, 0.1) is 19.4 Å². The van der Waals surface area contributed by atoms with Crippen molar-refractivity contribution in [2.24, 2.45) is 11.0 Å². The predicted octanol–water partition coefficient (Wildman–Crippen LogP) is 5.76. The number of amides is 2. The van der Waals surface area contributed by atoms with Crippen molar-refractivity contribution in [1.82, 2.24) is 5.01 Å². The van der Waals surface area contributed by atoms with E-state index in [0.717, 1.165) is 42.0 Å². The first-order valence-corrected chi connectivity index (χ1v) is 11.1. The molecule has 1 atom stereocenters. The summed E-state index contributed by atoms with van der Waals surface area (Å²) in [6.07, 6.45) is 2.83. The number of aryl methyl sites for hydroxylation is 2. The van der Waals surface area contributed by atoms with Gasteiger partial charge in [-0.1, -0.05) is 49.4 Å². The minimum Gasteiger partial charge on any atom is -0.497 e. The SMILES string of the molecule is CCc1ccc(NC(=O)N2CC(CCc3ccccc3)C(c3ccc(OC)cc3)=N2)cc1. The smallest absolute Gasteiger partial charge is 0.342 e. The molecule has 1 heterocycles. The van der Waals surface area contributed by atoms with Gasteiger partial charge in [-0.3, -0.25) is 0 Å². The summed E-state index contributed by atoms with van der Waals surface area (Å²) in [5.41, 5.74) is 5.28. The molecular weight excluding hydrogens is 398 g/mol. The number of rotatable bonds is 7. The van der Waals surface area contributed by atoms with Crippen LogP contribution in [0.25, 0.3) is 0 Å². The number of carbonyl (C=O) groups excluding carboxylic acids is 1. The van der Waals surface area contributed by atoms with Crippen LogP contribution in [-0.2, 0) is 12.8 Å². The second-order valence-corrected chi connectivity index (χ2v) is 8.00. The van der Waals surface area contributed by atoms with Crippen LogP contribution < -0.4 is 10.1 Å². The van der Waals surface area contributed by atoms with Crippen molar-refractivity contribution < 1.29 is 9.53 Å². The lowest BCUT2D eigenvalue weighted by Crippen LogP contribution is -2.30. The first-order valence-electron chi connectivity index (χ1n) is 11.1. The highest BCUT2D eigenvalue weighted by Crippen LogP contribution is 2.26. The van der Waals surface area contributed by atoms with E-state index in [1.165, 1.54) is 11.1 Å². The fraction of sp³-hybridized carbons (Fsp3) is 0.259. The van der Waals surface area contributed by atoms with Crippen molar-refractivity contribution in [2.75, 3.05) is 19.0 Å². The fourth-order valence-electron chi connectivity index (χ4n) is 3.96. The van der Waals surface area contributed by atoms with Gasteiger partial charge in [-0.05, 0) is 72.4 Å². The maximum Gasteiger partial charge on any atom is 0.342 e. The van der Waals surface area contributed by atoms with Gasteiger partial charge in [0.2, 0.25) is 0 Å². The second-order valence-electron chi connectivity index (χ2n) is 8.00. The number of anilines is 1. The van der Waals surface area contributed by atoms with E-state index < -0.39 is 0 Å². The number of hydrogen-bond acceptors (Lipinski definition) is 3. The molecule has 0 aliphatic carbocycles. The Kier molecular flexibility index (Phi) is 6.85. The molecule has 0 saturated carbocycles. The average molecular weight is 428 g/mol. The highest BCUT2D eigenvalue weighted by atomic mass is 16.5. The molecule has 0 aromatic heterocycles. The molecule has 5 heteroatoms. The third kappa shape index (κ3) is 5.17. The number of methoxy groups -OCH3 is 1. The van der Waals surface area contributed by atoms with Crippen LogP contribution in [0, 0.1) is 5.92 Å². The van der Waals surface area contributed by atoms with Gasteiger partial charge in [0, 0.05) is 11.6 Å². The predicted molar refractivity (Wildman–Crippen MR) is 129 cm³/mol. The molecule has 164 valence electrons. The minimum absolute atomic E-state index is 0.164. The molecule has 0 fully saturated rings. The number of hydrazone groups is 1. The second kappa shape index (κ2) is 10.1. The number of benzene rings is 3. The Morgan fingerprint density at radius 2 is 1.72 bits per heavy atom. The lowest BCUT2D eigenvalue weighted by molar-refractivity contribution is 0.215. The lowest BCUT2D eigenvalue weighted by Gasteiger charge is -2.16. The van der Waals surface area contributed by atoms with E-state index in [2.05, 4.69) is 36.5 Å². The van der Waals surface area contributed by atoms with Crippen molar-refractivity contribution in [3.05, 3.63) is 95.6 Å². The largest absolute Gasteiger partial charge is 0.497 e. The highest BCUT2D eigenvalue weighted by molar-refractivity contribution is 6.05. The molecule has 5 nitrogen and oxygen atoms in total. The van der Waals surface area contributed by atoms with E-state index in [1.807, 2.05) is 54.6 Å². The normalized spacial score (nSPS) is 15.4. The van der Waals surface area contributed by atoms with Crippen LogP contribution >= 0.6 is 0 Å². The number of urea groups is 1. The number of ether oxygens (including phenoxy) is 1. The molecule has 4 rings (SSSR count). The number of nitrogens with zero attached hydrogens (tertiary/aromatic N) is 2. The van der Waals surface area contributed by atoms with E-state index in [-0.39, 0.29) is 11.9 Å². The zero-order valence-corrected chi connectivity index (χ0v) is 18.6. The van der Waals surface area contributed by atoms with Crippen molar-refractivity contribution in [3.63, 3.8) is 0 Å². The zero-order valence-electron chi connectivity index (χ0n) is 18.6. The maximum absolute atomic E-state index is 13.0. The Morgan fingerprint density at radius 3 is 2.38 bits per heavy atom. The van der Waals surface area contributed by atoms with Crippen LogP contribution in [0.15, 0.2) is 84.0 Å². The first kappa shape index (κ1) is 21.6. The monoisotopic (exact) mass is 427 g/mol. The number of carbonyl (C=O) groups is 1. The molecule has 3 aromatic carbocycles. The van der Waals surface area contributed by atoms with E-state index in [0.29, 0.717) is 6.54 Å². The topological polar surface area (TPSA) is 53.9 Å². The zero-order chi connectivity index (χ0) is 22.3. The van der Waals surface area contributed by atoms with Crippen molar-refractivity contribution in [2.45, 2.75) is 26.2 Å². The molecule has 1 N–H and O–H groups in total. The van der Waals surface area contributed by atoms with E-state index in [1.54, 1.807) is 12.1 Å². The molecule has 32 heavy (non-hydrogen) atoms. The van der Waals surface area contributed by atoms with E-state index in [9.17, 15) is 4.79 Å². The Morgan fingerprint density at radius 1 is 1.00 bits per heavy atom. The maximum atomic E-state index is 13.0. The van der Waals surface area contributed by atoms with E-state index in [4.69, 9.17) is 9.84 Å². The molecule has 1 aliphatic heterocycles. The molecule has 3 aromatic rings. The summed E-state index contributed by atoms with van der Waals surface area (Å²) in [6.45, 7) is 2.68. The van der Waals surface area contributed by atoms with Crippen molar-refractivity contribution >= 4 is 17.4 Å². The van der Waals surface area contributed by atoms with Gasteiger partial charge in [-0.15, -0.1) is 0 Å². The van der Waals surface area contributed by atoms with Gasteiger partial charge in [-0.25, -0.2) is 9.80 Å². The van der Waals surface area contributed by atoms with Crippen LogP contribution in [0.1, 0.15) is 30.0 Å². The molecular formula is C27H29N3O2. The standard InChI is InChI=1S/C27H29N3O2/c1-3-20-10-15-24(16-11-20)28-27(31)30-19-23(12-9-21-7-5-4-6-8-21)26(29-30)22-13-17-25(32-2)18-14-22/h4-8,10-11,13-18,23H,3,9,12,19H2,1-2H3,(H,28,31). The van der Waals surface area contributed by atoms with E-state index >= 15 is 0 Å². The van der Waals surface area contributed by atoms with Gasteiger partial charge in [-0.2, -0.15) is 5.10 Å². The fourth-order valence-corrected chi connectivity index (χ4v) is 3.96. The molecule has 0 spiro atoms. The summed E-state index contributed by atoms with van der Waals surface area (Å²) in [7, 11) is 1.66. The highest BCUT2D eigenvalue weighted by Gasteiger charge is 2.31. The van der Waals surface area contributed by atoms with Crippen LogP contribution in [0.2, 0.25) is 0 Å². The molecule has 2 amide bonds. The van der Waals surface area contributed by atoms with Crippen molar-refractivity contribution in [3.8, 4) is 5.75 Å². The molecule has 0 bridgehead atoms. The molecule has 1 aliphatic rings. The van der Waals surface area contributed by atoms with Crippen LogP contribution in [0.3, 0.4) is 0 Å². The quantitative estimate of drug-likeness (QED) is 0.521. The average Bonchev–Trinajstić information content (AvgIpc) is 3.28. The third-order valence-electron chi connectivity index (χ3n) is 5.87. The lowest BCUT2D eigenvalue weighted by atomic mass is 9.91. The molecule has 0 radical (unpaired) electrons. The van der Waals surface area contributed by atoms with Crippen LogP contribution in [0.4, 0.5) is 10.5 Å². The number of nitrogens with one attached hydrogen (secondary N) is 1. The van der Waals surface area contributed by atoms with Crippen LogP contribution in [-0.4, -0.2) is 30.4 Å². The Labute approximate surface area is 189 Å². The molecule has 1 unspecified atom stereocenters. The van der Waals surface area contributed by atoms with Crippen molar-refractivity contribution in [1.29, 1.82) is 0 Å². The van der Waals surface area contributed by atoms with Gasteiger partial charge in [0.1, 0.15) is 5.75 Å². The first-order chi connectivity index (χ1) is 15.7. The minimum atomic E-state index is -0.206. The Balaban J connectivity index is 1.51. The summed E-state index contributed by atoms with van der Waals surface area (Å²) < 4.78 is 5.29. The summed E-state index contributed by atoms with van der Waals surface area (Å²) in [5, 5.41) is 9.27. The third-order valence-corrected chi connectivity index (χ3v) is 5.87. The summed E-state index contributed by atoms with van der Waals surface area (Å²) in [4.78, 5) is 13.0. The Hall–Kier alpha value is -3.60. The molecule has 0 saturated heterocycles. The van der Waals surface area contributed by atoms with Gasteiger partial charge in [0.15, 0.2) is 0 Å². The Bertz CT molecular complexity index is 1060. The van der Waals surface area contributed by atoms with Gasteiger partial charge >= 0.3 is 6.03 Å². The van der Waals surface area contributed by atoms with Crippen LogP contribution in [0.5, 0.6) is 5.75 Å². The van der Waals surface area contributed by atoms with Gasteiger partial charge < -0.3 is 10.1 Å². The number of hydrogen-bond donors (Lipinski definition) is 1. The van der Waals surface area contributed by atoms with Gasteiger partial charge in [0.25, 0.3) is 0 Å². The summed E-state index contributed by atoms with van der Waals surface area (Å²) >= 11 is 0. The summed E-state index contributed by atoms with van der Waals surface area (Å²) in [6, 6.07) is 26.1. The summed E-state index contributed by atoms with van der Waals surface area (Å²) in [5.74, 6) is 0.968.